The molecule has 13 heteroatoms. The number of carboxylic acid groups (broad SMARTS) is 1. The average Bonchev–Trinajstić information content (AvgIpc) is 2.88. The Hall–Kier alpha value is -3.80. The molecule has 1 aromatic carbocycles. The van der Waals surface area contributed by atoms with Crippen molar-refractivity contribution in [1.29, 1.82) is 0 Å². The Kier molecular flexibility index (Phi) is 12.2. The molecule has 3 amide bonds. The first-order valence-electron chi connectivity index (χ1n) is 13.5. The summed E-state index contributed by atoms with van der Waals surface area (Å²) in [6.45, 7) is 11.2. The molecule has 2 rings (SSSR count). The van der Waals surface area contributed by atoms with E-state index in [2.05, 4.69) is 34.0 Å². The second kappa shape index (κ2) is 14.9. The van der Waals surface area contributed by atoms with Crippen molar-refractivity contribution in [1.82, 2.24) is 15.5 Å². The summed E-state index contributed by atoms with van der Waals surface area (Å²) >= 11 is 6.06. The second-order valence-electron chi connectivity index (χ2n) is 11.7. The van der Waals surface area contributed by atoms with Crippen LogP contribution in [0.1, 0.15) is 59.4 Å². The number of hydrogen-bond donors (Lipinski definition) is 3. The summed E-state index contributed by atoms with van der Waals surface area (Å²) in [6, 6.07) is 6.42. The lowest BCUT2D eigenvalue weighted by molar-refractivity contribution is -0.148. The predicted molar refractivity (Wildman–Crippen MR) is 154 cm³/mol. The molecule has 1 fully saturated rings. The number of halogens is 1. The highest BCUT2D eigenvalue weighted by Gasteiger charge is 2.40. The first kappa shape index (κ1) is 34.4. The predicted octanol–water partition coefficient (Wildman–Crippen LogP) is 4.08. The fraction of sp³-hybridized carbons (Fsp3) is 0.552. The van der Waals surface area contributed by atoms with E-state index in [1.807, 2.05) is 38.1 Å². The van der Waals surface area contributed by atoms with Gasteiger partial charge in [-0.15, -0.1) is 0 Å². The van der Waals surface area contributed by atoms with E-state index in [-0.39, 0.29) is 29.7 Å². The van der Waals surface area contributed by atoms with Crippen LogP contribution in [0.4, 0.5) is 9.59 Å². The smallest absolute Gasteiger partial charge is 0.478 e. The maximum absolute atomic E-state index is 13.5. The first-order chi connectivity index (χ1) is 19.5. The molecule has 2 atom stereocenters. The summed E-state index contributed by atoms with van der Waals surface area (Å²) in [6.07, 6.45) is 0.834. The van der Waals surface area contributed by atoms with Crippen molar-refractivity contribution in [3.05, 3.63) is 47.0 Å². The normalized spacial score (nSPS) is 17.3. The minimum atomic E-state index is -1.34. The zero-order chi connectivity index (χ0) is 31.7. The lowest BCUT2D eigenvalue weighted by Crippen LogP contribution is -2.58. The monoisotopic (exact) mass is 609 g/mol. The van der Waals surface area contributed by atoms with Crippen LogP contribution in [0.3, 0.4) is 0 Å². The van der Waals surface area contributed by atoms with Crippen LogP contribution in [0.15, 0.2) is 36.4 Å². The largest absolute Gasteiger partial charge is 0.511 e. The van der Waals surface area contributed by atoms with Crippen LogP contribution in [0.25, 0.3) is 0 Å². The number of nitrogens with one attached hydrogen (secondary N) is 2. The molecule has 1 saturated heterocycles. The third kappa shape index (κ3) is 10.9. The lowest BCUT2D eigenvalue weighted by Gasteiger charge is -2.45. The number of aliphatic carboxylic acids is 1. The third-order valence-corrected chi connectivity index (χ3v) is 7.06. The number of hydrogen-bond acceptors (Lipinski definition) is 8. The van der Waals surface area contributed by atoms with Gasteiger partial charge in [-0.25, -0.2) is 19.2 Å². The van der Waals surface area contributed by atoms with E-state index < -0.39 is 42.6 Å². The summed E-state index contributed by atoms with van der Waals surface area (Å²) < 4.78 is 14.3. The Labute approximate surface area is 250 Å². The Morgan fingerprint density at radius 2 is 1.76 bits per heavy atom. The average molecular weight is 610 g/mol. The number of piperidine rings is 1. The van der Waals surface area contributed by atoms with Crippen LogP contribution in [0, 0.1) is 11.3 Å². The Balaban J connectivity index is 1.87. The molecule has 0 aliphatic carbocycles. The van der Waals surface area contributed by atoms with Gasteiger partial charge in [-0.05, 0) is 55.2 Å². The van der Waals surface area contributed by atoms with Gasteiger partial charge in [0.25, 0.3) is 0 Å². The number of likely N-dealkylation sites (tertiary alicyclic amines) is 1. The van der Waals surface area contributed by atoms with Crippen LogP contribution in [-0.2, 0) is 28.6 Å². The van der Waals surface area contributed by atoms with E-state index in [9.17, 15) is 24.0 Å². The first-order valence-corrected chi connectivity index (χ1v) is 13.9. The van der Waals surface area contributed by atoms with Crippen molar-refractivity contribution >= 4 is 41.6 Å². The number of benzene rings is 1. The van der Waals surface area contributed by atoms with E-state index in [1.165, 1.54) is 19.4 Å². The number of esters is 1. The highest BCUT2D eigenvalue weighted by atomic mass is 35.5. The van der Waals surface area contributed by atoms with Crippen LogP contribution in [0.5, 0.6) is 0 Å². The molecule has 0 spiro atoms. The van der Waals surface area contributed by atoms with E-state index in [0.29, 0.717) is 30.3 Å². The summed E-state index contributed by atoms with van der Waals surface area (Å²) in [7, 11) is 0. The highest BCUT2D eigenvalue weighted by molar-refractivity contribution is 6.30. The van der Waals surface area contributed by atoms with Crippen molar-refractivity contribution in [3.63, 3.8) is 0 Å². The molecule has 1 aromatic rings. The summed E-state index contributed by atoms with van der Waals surface area (Å²) in [5, 5.41) is 14.5. The molecular weight excluding hydrogens is 570 g/mol. The molecule has 0 saturated carbocycles. The minimum Gasteiger partial charge on any atom is -0.478 e. The van der Waals surface area contributed by atoms with Gasteiger partial charge in [0.2, 0.25) is 12.7 Å². The van der Waals surface area contributed by atoms with E-state index in [1.54, 1.807) is 4.90 Å². The number of carboxylic acids is 1. The maximum Gasteiger partial charge on any atom is 0.511 e. The third-order valence-electron chi connectivity index (χ3n) is 6.81. The highest BCUT2D eigenvalue weighted by Crippen LogP contribution is 2.42. The van der Waals surface area contributed by atoms with Crippen molar-refractivity contribution in [2.24, 2.45) is 11.3 Å². The minimum absolute atomic E-state index is 0.117. The van der Waals surface area contributed by atoms with Gasteiger partial charge in [-0.2, -0.15) is 0 Å². The molecule has 1 aliphatic rings. The molecule has 2 unspecified atom stereocenters. The van der Waals surface area contributed by atoms with Gasteiger partial charge in [0.1, 0.15) is 11.6 Å². The molecule has 3 N–H and O–H groups in total. The summed E-state index contributed by atoms with van der Waals surface area (Å²) in [5.74, 6) is -2.47. The van der Waals surface area contributed by atoms with Crippen molar-refractivity contribution in [2.75, 3.05) is 26.4 Å². The van der Waals surface area contributed by atoms with Gasteiger partial charge in [0.15, 0.2) is 0 Å². The van der Waals surface area contributed by atoms with Crippen LogP contribution >= 0.6 is 11.6 Å². The standard InChI is InChI=1S/C29H40ClN3O9/c1-18(2)24(25(37)33-14-13-21(28(3,4)16-33)19-7-9-20(30)10-8-19)32-26(38)31-15-29(5,6)42-27(39)41-17-40-23(36)12-11-22(34)35/h7-12,18,21,24H,13-17H2,1-6H3,(H,34,35)(H2,31,32,38)/b12-11+. The quantitative estimate of drug-likeness (QED) is 0.191. The zero-order valence-corrected chi connectivity index (χ0v) is 25.5. The van der Waals surface area contributed by atoms with Crippen LogP contribution in [-0.4, -0.2) is 78.1 Å². The fourth-order valence-corrected chi connectivity index (χ4v) is 4.79. The van der Waals surface area contributed by atoms with Gasteiger partial charge < -0.3 is 34.9 Å². The summed E-state index contributed by atoms with van der Waals surface area (Å²) in [5.41, 5.74) is -0.237. The fourth-order valence-electron chi connectivity index (χ4n) is 4.67. The number of urea groups is 1. The molecule has 42 heavy (non-hydrogen) atoms. The molecular formula is C29H40ClN3O9. The molecule has 12 nitrogen and oxygen atoms in total. The molecule has 1 heterocycles. The SMILES string of the molecule is CC(C)C(NC(=O)NCC(C)(C)OC(=O)OCOC(=O)/C=C/C(=O)O)C(=O)N1CCC(c2ccc(Cl)cc2)C(C)(C)C1. The topological polar surface area (TPSA) is 161 Å². The van der Waals surface area contributed by atoms with Crippen LogP contribution < -0.4 is 10.6 Å². The number of rotatable bonds is 11. The second-order valence-corrected chi connectivity index (χ2v) is 12.1. The van der Waals surface area contributed by atoms with E-state index >= 15 is 0 Å². The molecule has 0 bridgehead atoms. The number of carbonyl (C=O) groups excluding carboxylic acids is 4. The number of amides is 3. The number of ether oxygens (including phenoxy) is 3. The molecule has 232 valence electrons. The summed E-state index contributed by atoms with van der Waals surface area (Å²) in [4.78, 5) is 61.7. The zero-order valence-electron chi connectivity index (χ0n) is 24.8. The van der Waals surface area contributed by atoms with Gasteiger partial charge in [-0.3, -0.25) is 4.79 Å². The number of nitrogens with zero attached hydrogens (tertiary/aromatic N) is 1. The Bertz CT molecular complexity index is 1170. The van der Waals surface area contributed by atoms with Gasteiger partial charge >= 0.3 is 24.1 Å². The van der Waals surface area contributed by atoms with Crippen molar-refractivity contribution in [2.45, 2.75) is 65.5 Å². The Morgan fingerprint density at radius 1 is 1.12 bits per heavy atom. The van der Waals surface area contributed by atoms with E-state index in [0.717, 1.165) is 6.42 Å². The van der Waals surface area contributed by atoms with E-state index in [4.69, 9.17) is 21.4 Å². The van der Waals surface area contributed by atoms with Crippen molar-refractivity contribution in [3.8, 4) is 0 Å². The van der Waals surface area contributed by atoms with Gasteiger partial charge in [0.05, 0.1) is 6.54 Å². The van der Waals surface area contributed by atoms with Gasteiger partial charge in [0, 0.05) is 30.3 Å². The Morgan fingerprint density at radius 3 is 2.33 bits per heavy atom. The van der Waals surface area contributed by atoms with Gasteiger partial charge in [-0.1, -0.05) is 51.4 Å². The molecule has 0 radical (unpaired) electrons. The number of carbonyl (C=O) groups is 5. The van der Waals surface area contributed by atoms with Crippen LogP contribution in [0.2, 0.25) is 5.02 Å². The van der Waals surface area contributed by atoms with Crippen molar-refractivity contribution < 1.29 is 43.3 Å². The molecule has 1 aliphatic heterocycles. The molecule has 0 aromatic heterocycles. The maximum atomic E-state index is 13.5. The lowest BCUT2D eigenvalue weighted by atomic mass is 9.70.